The Balaban J connectivity index is 0.000000606. The molecule has 1 aliphatic rings. The molecule has 1 heterocycles. The third kappa shape index (κ3) is 2.48. The predicted octanol–water partition coefficient (Wildman–Crippen LogP) is 2.86. The summed E-state index contributed by atoms with van der Waals surface area (Å²) in [6.45, 7) is 7.72. The van der Waals surface area contributed by atoms with Gasteiger partial charge in [0.15, 0.2) is 0 Å². The molecular formula is C13H18N2O. The van der Waals surface area contributed by atoms with Crippen LogP contribution in [-0.2, 0) is 4.79 Å². The molecule has 1 aromatic rings. The second-order valence-electron chi connectivity index (χ2n) is 3.43. The second-order valence-corrected chi connectivity index (χ2v) is 3.43. The SMILES string of the molecule is CC.CC1=NC(C)C(=O)Nc2ccccc21. The molecule has 0 aliphatic carbocycles. The number of benzodiazepines with no additional fused rings is 1. The minimum atomic E-state index is -0.303. The highest BCUT2D eigenvalue weighted by Crippen LogP contribution is 2.19. The lowest BCUT2D eigenvalue weighted by molar-refractivity contribution is -0.116. The fourth-order valence-electron chi connectivity index (χ4n) is 1.56. The van der Waals surface area contributed by atoms with Gasteiger partial charge in [0, 0.05) is 17.0 Å². The van der Waals surface area contributed by atoms with E-state index in [0.29, 0.717) is 0 Å². The first-order valence-electron chi connectivity index (χ1n) is 5.63. The number of hydrogen-bond acceptors (Lipinski definition) is 2. The van der Waals surface area contributed by atoms with Gasteiger partial charge >= 0.3 is 0 Å². The molecular weight excluding hydrogens is 200 g/mol. The molecule has 16 heavy (non-hydrogen) atoms. The lowest BCUT2D eigenvalue weighted by Crippen LogP contribution is -2.22. The lowest BCUT2D eigenvalue weighted by atomic mass is 10.1. The molecule has 0 saturated carbocycles. The summed E-state index contributed by atoms with van der Waals surface area (Å²) in [7, 11) is 0. The Morgan fingerprint density at radius 2 is 1.88 bits per heavy atom. The van der Waals surface area contributed by atoms with E-state index in [0.717, 1.165) is 17.0 Å². The zero-order chi connectivity index (χ0) is 12.1. The Morgan fingerprint density at radius 1 is 1.25 bits per heavy atom. The van der Waals surface area contributed by atoms with Crippen molar-refractivity contribution in [2.45, 2.75) is 33.7 Å². The highest BCUT2D eigenvalue weighted by atomic mass is 16.2. The average Bonchev–Trinajstić information content (AvgIpc) is 2.41. The lowest BCUT2D eigenvalue weighted by Gasteiger charge is -2.05. The zero-order valence-corrected chi connectivity index (χ0v) is 10.2. The van der Waals surface area contributed by atoms with Crippen molar-refractivity contribution in [2.24, 2.45) is 4.99 Å². The number of anilines is 1. The molecule has 0 spiro atoms. The number of para-hydroxylation sites is 1. The van der Waals surface area contributed by atoms with Gasteiger partial charge in [-0.15, -0.1) is 0 Å². The maximum absolute atomic E-state index is 11.5. The highest BCUT2D eigenvalue weighted by molar-refractivity contribution is 6.10. The minimum absolute atomic E-state index is 0.0469. The van der Waals surface area contributed by atoms with Gasteiger partial charge in [0.25, 0.3) is 0 Å². The number of carbonyl (C=O) groups is 1. The van der Waals surface area contributed by atoms with Crippen molar-refractivity contribution >= 4 is 17.3 Å². The number of fused-ring (bicyclic) bond motifs is 1. The first-order chi connectivity index (χ1) is 7.68. The summed E-state index contributed by atoms with van der Waals surface area (Å²) >= 11 is 0. The van der Waals surface area contributed by atoms with E-state index < -0.39 is 0 Å². The van der Waals surface area contributed by atoms with Gasteiger partial charge in [-0.3, -0.25) is 9.79 Å². The number of aliphatic imine (C=N–C) groups is 1. The topological polar surface area (TPSA) is 41.5 Å². The van der Waals surface area contributed by atoms with Gasteiger partial charge in [-0.1, -0.05) is 32.0 Å². The number of carbonyl (C=O) groups excluding carboxylic acids is 1. The van der Waals surface area contributed by atoms with E-state index in [1.165, 1.54) is 0 Å². The third-order valence-electron chi connectivity index (χ3n) is 2.34. The van der Waals surface area contributed by atoms with Gasteiger partial charge in [-0.25, -0.2) is 0 Å². The zero-order valence-electron chi connectivity index (χ0n) is 10.2. The van der Waals surface area contributed by atoms with Crippen LogP contribution in [-0.4, -0.2) is 17.7 Å². The largest absolute Gasteiger partial charge is 0.324 e. The Morgan fingerprint density at radius 3 is 2.56 bits per heavy atom. The normalized spacial score (nSPS) is 18.4. The summed E-state index contributed by atoms with van der Waals surface area (Å²) in [6.07, 6.45) is 0. The number of nitrogens with one attached hydrogen (secondary N) is 1. The smallest absolute Gasteiger partial charge is 0.248 e. The molecule has 0 saturated heterocycles. The second kappa shape index (κ2) is 5.45. The van der Waals surface area contributed by atoms with Crippen LogP contribution in [0.25, 0.3) is 0 Å². The molecule has 0 fully saturated rings. The highest BCUT2D eigenvalue weighted by Gasteiger charge is 2.18. The molecule has 2 rings (SSSR count). The van der Waals surface area contributed by atoms with Crippen LogP contribution in [0.5, 0.6) is 0 Å². The molecule has 1 N–H and O–H groups in total. The fourth-order valence-corrected chi connectivity index (χ4v) is 1.56. The van der Waals surface area contributed by atoms with Crippen LogP contribution in [0, 0.1) is 0 Å². The van der Waals surface area contributed by atoms with E-state index in [-0.39, 0.29) is 11.9 Å². The van der Waals surface area contributed by atoms with Gasteiger partial charge in [0.05, 0.1) is 0 Å². The van der Waals surface area contributed by atoms with Crippen molar-refractivity contribution in [1.82, 2.24) is 0 Å². The van der Waals surface area contributed by atoms with E-state index in [1.54, 1.807) is 6.92 Å². The van der Waals surface area contributed by atoms with E-state index in [2.05, 4.69) is 10.3 Å². The van der Waals surface area contributed by atoms with Crippen molar-refractivity contribution < 1.29 is 4.79 Å². The Labute approximate surface area is 96.6 Å². The van der Waals surface area contributed by atoms with Gasteiger partial charge in [0.1, 0.15) is 6.04 Å². The van der Waals surface area contributed by atoms with Crippen molar-refractivity contribution in [3.05, 3.63) is 29.8 Å². The summed E-state index contributed by atoms with van der Waals surface area (Å²) in [5.41, 5.74) is 2.76. The Hall–Kier alpha value is -1.64. The van der Waals surface area contributed by atoms with Crippen LogP contribution >= 0.6 is 0 Å². The molecule has 0 aromatic heterocycles. The first kappa shape index (κ1) is 12.4. The maximum Gasteiger partial charge on any atom is 0.248 e. The quantitative estimate of drug-likeness (QED) is 0.714. The summed E-state index contributed by atoms with van der Waals surface area (Å²) in [6, 6.07) is 7.40. The summed E-state index contributed by atoms with van der Waals surface area (Å²) in [4.78, 5) is 15.8. The summed E-state index contributed by atoms with van der Waals surface area (Å²) in [5.74, 6) is -0.0469. The van der Waals surface area contributed by atoms with Gasteiger partial charge in [-0.05, 0) is 19.9 Å². The molecule has 3 heteroatoms. The molecule has 0 bridgehead atoms. The number of amides is 1. The molecule has 1 atom stereocenters. The minimum Gasteiger partial charge on any atom is -0.324 e. The van der Waals surface area contributed by atoms with Crippen molar-refractivity contribution in [3.8, 4) is 0 Å². The molecule has 0 radical (unpaired) electrons. The van der Waals surface area contributed by atoms with Gasteiger partial charge < -0.3 is 5.32 Å². The van der Waals surface area contributed by atoms with Crippen LogP contribution in [0.15, 0.2) is 29.3 Å². The van der Waals surface area contributed by atoms with Crippen LogP contribution in [0.2, 0.25) is 0 Å². The first-order valence-corrected chi connectivity index (χ1v) is 5.63. The standard InChI is InChI=1S/C11H12N2O.C2H6/c1-7-9-5-3-4-6-10(9)13-11(14)8(2)12-7;1-2/h3-6,8H,1-2H3,(H,13,14);1-2H3. The molecule has 1 amide bonds. The van der Waals surface area contributed by atoms with Crippen LogP contribution < -0.4 is 5.32 Å². The maximum atomic E-state index is 11.5. The predicted molar refractivity (Wildman–Crippen MR) is 68.1 cm³/mol. The van der Waals surface area contributed by atoms with E-state index >= 15 is 0 Å². The van der Waals surface area contributed by atoms with E-state index in [4.69, 9.17) is 0 Å². The van der Waals surface area contributed by atoms with Gasteiger partial charge in [-0.2, -0.15) is 0 Å². The average molecular weight is 218 g/mol. The number of nitrogens with zero attached hydrogens (tertiary/aromatic N) is 1. The van der Waals surface area contributed by atoms with Gasteiger partial charge in [0.2, 0.25) is 5.91 Å². The van der Waals surface area contributed by atoms with E-state index in [1.807, 2.05) is 45.0 Å². The van der Waals surface area contributed by atoms with Crippen LogP contribution in [0.3, 0.4) is 0 Å². The Kier molecular flexibility index (Phi) is 4.23. The monoisotopic (exact) mass is 218 g/mol. The number of benzene rings is 1. The summed E-state index contributed by atoms with van der Waals surface area (Å²) < 4.78 is 0. The fraction of sp³-hybridized carbons (Fsp3) is 0.385. The number of hydrogen-bond donors (Lipinski definition) is 1. The number of rotatable bonds is 0. The van der Waals surface area contributed by atoms with Crippen molar-refractivity contribution in [1.29, 1.82) is 0 Å². The van der Waals surface area contributed by atoms with Crippen LogP contribution in [0.4, 0.5) is 5.69 Å². The van der Waals surface area contributed by atoms with Crippen molar-refractivity contribution in [2.75, 3.05) is 5.32 Å². The van der Waals surface area contributed by atoms with E-state index in [9.17, 15) is 4.79 Å². The molecule has 3 nitrogen and oxygen atoms in total. The van der Waals surface area contributed by atoms with Crippen molar-refractivity contribution in [3.63, 3.8) is 0 Å². The Bertz CT molecular complexity index is 410. The molecule has 1 unspecified atom stereocenters. The van der Waals surface area contributed by atoms with Crippen LogP contribution in [0.1, 0.15) is 33.3 Å². The third-order valence-corrected chi connectivity index (χ3v) is 2.34. The molecule has 1 aromatic carbocycles. The molecule has 86 valence electrons. The molecule has 1 aliphatic heterocycles. The summed E-state index contributed by atoms with van der Waals surface area (Å²) in [5, 5.41) is 2.85.